The molecule has 0 bridgehead atoms. The Hall–Kier alpha value is -1.99. The molecule has 1 aromatic rings. The highest BCUT2D eigenvalue weighted by Gasteiger charge is 2.16. The summed E-state index contributed by atoms with van der Waals surface area (Å²) in [4.78, 5) is 0. The SMILES string of the molecule is C/C=C/[C@@H](OC#N)[C@H](C)OCc1ccc(OC)cc1. The molecule has 0 amide bonds. The first kappa shape index (κ1) is 15.1. The van der Waals surface area contributed by atoms with Gasteiger partial charge in [0.15, 0.2) is 6.10 Å². The summed E-state index contributed by atoms with van der Waals surface area (Å²) < 4.78 is 15.7. The molecular weight excluding hydrogens is 242 g/mol. The highest BCUT2D eigenvalue weighted by Crippen LogP contribution is 2.14. The third-order valence-corrected chi connectivity index (χ3v) is 2.71. The maximum atomic E-state index is 8.58. The van der Waals surface area contributed by atoms with Gasteiger partial charge in [0, 0.05) is 0 Å². The zero-order valence-corrected chi connectivity index (χ0v) is 11.5. The number of methoxy groups -OCH3 is 1. The molecule has 102 valence electrons. The van der Waals surface area contributed by atoms with Crippen molar-refractivity contribution in [3.8, 4) is 12.0 Å². The average Bonchev–Trinajstić information content (AvgIpc) is 2.45. The summed E-state index contributed by atoms with van der Waals surface area (Å²) in [5.41, 5.74) is 1.05. The Labute approximate surface area is 114 Å². The largest absolute Gasteiger partial charge is 0.497 e. The van der Waals surface area contributed by atoms with Gasteiger partial charge in [-0.1, -0.05) is 18.2 Å². The van der Waals surface area contributed by atoms with Crippen molar-refractivity contribution in [2.75, 3.05) is 7.11 Å². The number of benzene rings is 1. The van der Waals surface area contributed by atoms with Gasteiger partial charge in [-0.05, 0) is 37.6 Å². The van der Waals surface area contributed by atoms with Gasteiger partial charge < -0.3 is 14.2 Å². The minimum absolute atomic E-state index is 0.196. The van der Waals surface area contributed by atoms with Gasteiger partial charge in [0.2, 0.25) is 0 Å². The Morgan fingerprint density at radius 2 is 2.00 bits per heavy atom. The molecule has 19 heavy (non-hydrogen) atoms. The molecular formula is C15H19NO3. The Kier molecular flexibility index (Phi) is 6.48. The quantitative estimate of drug-likeness (QED) is 0.559. The fourth-order valence-corrected chi connectivity index (χ4v) is 1.59. The van der Waals surface area contributed by atoms with Crippen molar-refractivity contribution in [3.63, 3.8) is 0 Å². The Balaban J connectivity index is 2.51. The lowest BCUT2D eigenvalue weighted by atomic mass is 10.2. The van der Waals surface area contributed by atoms with Crippen LogP contribution in [-0.2, 0) is 16.1 Å². The molecule has 0 unspecified atom stereocenters. The molecule has 1 aromatic carbocycles. The van der Waals surface area contributed by atoms with E-state index in [-0.39, 0.29) is 12.2 Å². The predicted molar refractivity (Wildman–Crippen MR) is 72.5 cm³/mol. The lowest BCUT2D eigenvalue weighted by Crippen LogP contribution is -2.25. The number of allylic oxidation sites excluding steroid dienone is 1. The summed E-state index contributed by atoms with van der Waals surface area (Å²) in [6.07, 6.45) is 4.80. The van der Waals surface area contributed by atoms with Gasteiger partial charge in [-0.3, -0.25) is 0 Å². The van der Waals surface area contributed by atoms with Crippen LogP contribution in [0.25, 0.3) is 0 Å². The number of nitriles is 1. The van der Waals surface area contributed by atoms with E-state index in [0.29, 0.717) is 6.61 Å². The molecule has 0 spiro atoms. The number of ether oxygens (including phenoxy) is 3. The monoisotopic (exact) mass is 261 g/mol. The van der Waals surface area contributed by atoms with Crippen LogP contribution in [0.3, 0.4) is 0 Å². The summed E-state index contributed by atoms with van der Waals surface area (Å²) in [5, 5.41) is 8.58. The molecule has 0 N–H and O–H groups in total. The van der Waals surface area contributed by atoms with Crippen LogP contribution >= 0.6 is 0 Å². The van der Waals surface area contributed by atoms with E-state index in [2.05, 4.69) is 0 Å². The van der Waals surface area contributed by atoms with Gasteiger partial charge in [-0.15, -0.1) is 0 Å². The first-order valence-corrected chi connectivity index (χ1v) is 6.13. The molecule has 0 saturated carbocycles. The van der Waals surface area contributed by atoms with Gasteiger partial charge >= 0.3 is 0 Å². The van der Waals surface area contributed by atoms with Crippen LogP contribution in [0.1, 0.15) is 19.4 Å². The molecule has 0 aliphatic carbocycles. The van der Waals surface area contributed by atoms with Gasteiger partial charge in [0.05, 0.1) is 19.8 Å². The lowest BCUT2D eigenvalue weighted by Gasteiger charge is -2.19. The Morgan fingerprint density at radius 1 is 1.32 bits per heavy atom. The van der Waals surface area contributed by atoms with E-state index in [0.717, 1.165) is 11.3 Å². The summed E-state index contributed by atoms with van der Waals surface area (Å²) in [7, 11) is 1.63. The van der Waals surface area contributed by atoms with Crippen LogP contribution < -0.4 is 4.74 Å². The summed E-state index contributed by atoms with van der Waals surface area (Å²) in [5.74, 6) is 0.816. The van der Waals surface area contributed by atoms with Crippen molar-refractivity contribution in [1.82, 2.24) is 0 Å². The van der Waals surface area contributed by atoms with Crippen LogP contribution in [0, 0.1) is 11.5 Å². The minimum atomic E-state index is -0.353. The van der Waals surface area contributed by atoms with E-state index >= 15 is 0 Å². The average molecular weight is 261 g/mol. The fraction of sp³-hybridized carbons (Fsp3) is 0.400. The number of hydrogen-bond donors (Lipinski definition) is 0. The summed E-state index contributed by atoms with van der Waals surface area (Å²) >= 11 is 0. The first-order chi connectivity index (χ1) is 9.21. The van der Waals surface area contributed by atoms with Crippen molar-refractivity contribution in [1.29, 1.82) is 5.26 Å². The molecule has 4 heteroatoms. The first-order valence-electron chi connectivity index (χ1n) is 6.13. The molecule has 0 radical (unpaired) electrons. The molecule has 0 aliphatic heterocycles. The van der Waals surface area contributed by atoms with Crippen LogP contribution in [0.2, 0.25) is 0 Å². The molecule has 0 saturated heterocycles. The van der Waals surface area contributed by atoms with Crippen LogP contribution in [0.5, 0.6) is 5.75 Å². The number of hydrogen-bond acceptors (Lipinski definition) is 4. The standard InChI is InChI=1S/C15H19NO3/c1-4-5-15(19-11-16)12(2)18-10-13-6-8-14(17-3)9-7-13/h4-9,12,15H,10H2,1-3H3/b5-4+/t12-,15+/m0/s1. The van der Waals surface area contributed by atoms with Gasteiger partial charge in [-0.25, -0.2) is 0 Å². The van der Waals surface area contributed by atoms with E-state index in [9.17, 15) is 0 Å². The summed E-state index contributed by atoms with van der Waals surface area (Å²) in [6.45, 7) is 4.23. The predicted octanol–water partition coefficient (Wildman–Crippen LogP) is 3.04. The third-order valence-electron chi connectivity index (χ3n) is 2.71. The molecule has 0 fully saturated rings. The fourth-order valence-electron chi connectivity index (χ4n) is 1.59. The van der Waals surface area contributed by atoms with Gasteiger partial charge in [0.25, 0.3) is 6.26 Å². The van der Waals surface area contributed by atoms with Crippen molar-refractivity contribution in [2.24, 2.45) is 0 Å². The highest BCUT2D eigenvalue weighted by molar-refractivity contribution is 5.26. The van der Waals surface area contributed by atoms with Crippen molar-refractivity contribution >= 4 is 0 Å². The normalized spacial score (nSPS) is 13.8. The topological polar surface area (TPSA) is 51.5 Å². The zero-order chi connectivity index (χ0) is 14.1. The molecule has 2 atom stereocenters. The van der Waals surface area contributed by atoms with E-state index < -0.39 is 0 Å². The second-order valence-electron chi connectivity index (χ2n) is 4.06. The maximum absolute atomic E-state index is 8.58. The molecule has 0 aliphatic rings. The number of nitrogens with zero attached hydrogens (tertiary/aromatic N) is 1. The van der Waals surface area contributed by atoms with E-state index in [1.807, 2.05) is 50.3 Å². The van der Waals surface area contributed by atoms with E-state index in [1.165, 1.54) is 0 Å². The van der Waals surface area contributed by atoms with Crippen LogP contribution in [-0.4, -0.2) is 19.3 Å². The molecule has 4 nitrogen and oxygen atoms in total. The van der Waals surface area contributed by atoms with Crippen LogP contribution in [0.4, 0.5) is 0 Å². The van der Waals surface area contributed by atoms with E-state index in [1.54, 1.807) is 13.4 Å². The smallest absolute Gasteiger partial charge is 0.287 e. The Bertz CT molecular complexity index is 434. The number of rotatable bonds is 7. The Morgan fingerprint density at radius 3 is 2.53 bits per heavy atom. The molecule has 0 aromatic heterocycles. The van der Waals surface area contributed by atoms with Crippen molar-refractivity contribution < 1.29 is 14.2 Å². The summed E-state index contributed by atoms with van der Waals surface area (Å²) in [6, 6.07) is 7.67. The second-order valence-corrected chi connectivity index (χ2v) is 4.06. The minimum Gasteiger partial charge on any atom is -0.497 e. The van der Waals surface area contributed by atoms with E-state index in [4.69, 9.17) is 19.5 Å². The van der Waals surface area contributed by atoms with Crippen LogP contribution in [0.15, 0.2) is 36.4 Å². The zero-order valence-electron chi connectivity index (χ0n) is 11.5. The lowest BCUT2D eigenvalue weighted by molar-refractivity contribution is -0.0165. The van der Waals surface area contributed by atoms with Gasteiger partial charge in [0.1, 0.15) is 5.75 Å². The maximum Gasteiger partial charge on any atom is 0.287 e. The highest BCUT2D eigenvalue weighted by atomic mass is 16.5. The van der Waals surface area contributed by atoms with Crippen molar-refractivity contribution in [2.45, 2.75) is 32.7 Å². The van der Waals surface area contributed by atoms with Crippen molar-refractivity contribution in [3.05, 3.63) is 42.0 Å². The second kappa shape index (κ2) is 8.17. The molecule has 1 rings (SSSR count). The third kappa shape index (κ3) is 5.02. The van der Waals surface area contributed by atoms with Gasteiger partial charge in [-0.2, -0.15) is 5.26 Å². The molecule has 0 heterocycles.